The van der Waals surface area contributed by atoms with E-state index in [4.69, 9.17) is 4.74 Å². The summed E-state index contributed by atoms with van der Waals surface area (Å²) in [5.74, 6) is -0.357. The molecule has 0 radical (unpaired) electrons. The van der Waals surface area contributed by atoms with E-state index < -0.39 is 0 Å². The highest BCUT2D eigenvalue weighted by Gasteiger charge is 2.17. The summed E-state index contributed by atoms with van der Waals surface area (Å²) in [5.41, 5.74) is 1.45. The number of ketones is 1. The van der Waals surface area contributed by atoms with Gasteiger partial charge in [-0.1, -0.05) is 30.3 Å². The van der Waals surface area contributed by atoms with Crippen molar-refractivity contribution < 1.29 is 14.3 Å². The summed E-state index contributed by atoms with van der Waals surface area (Å²) in [6.07, 6.45) is 3.33. The number of benzene rings is 1. The summed E-state index contributed by atoms with van der Waals surface area (Å²) in [4.78, 5) is 22.8. The second-order valence-electron chi connectivity index (χ2n) is 4.05. The van der Waals surface area contributed by atoms with E-state index in [0.29, 0.717) is 18.4 Å². The topological polar surface area (TPSA) is 43.4 Å². The second-order valence-corrected chi connectivity index (χ2v) is 4.05. The molecule has 3 heteroatoms. The van der Waals surface area contributed by atoms with E-state index in [0.717, 1.165) is 12.0 Å². The van der Waals surface area contributed by atoms with Crippen LogP contribution < -0.4 is 0 Å². The third-order valence-electron chi connectivity index (χ3n) is 2.68. The lowest BCUT2D eigenvalue weighted by Crippen LogP contribution is -2.13. The molecule has 0 amide bonds. The van der Waals surface area contributed by atoms with Gasteiger partial charge in [-0.3, -0.25) is 4.79 Å². The van der Waals surface area contributed by atoms with Crippen molar-refractivity contribution in [2.45, 2.75) is 25.9 Å². The number of carbonyl (C=O) groups is 2. The first-order chi connectivity index (χ1) is 8.25. The summed E-state index contributed by atoms with van der Waals surface area (Å²) >= 11 is 0. The average Bonchev–Trinajstić information content (AvgIpc) is 2.37. The molecule has 0 bridgehead atoms. The van der Waals surface area contributed by atoms with Gasteiger partial charge in [0.1, 0.15) is 6.61 Å². The molecule has 0 unspecified atom stereocenters. The maximum atomic E-state index is 11.7. The molecule has 88 valence electrons. The Morgan fingerprint density at radius 1 is 1.18 bits per heavy atom. The molecular formula is C14H14O3. The van der Waals surface area contributed by atoms with Crippen molar-refractivity contribution in [1.82, 2.24) is 0 Å². The van der Waals surface area contributed by atoms with Gasteiger partial charge in [0.25, 0.3) is 0 Å². The van der Waals surface area contributed by atoms with E-state index in [-0.39, 0.29) is 18.4 Å². The monoisotopic (exact) mass is 230 g/mol. The molecule has 0 aromatic heterocycles. The van der Waals surface area contributed by atoms with Crippen LogP contribution in [0.2, 0.25) is 0 Å². The average molecular weight is 230 g/mol. The van der Waals surface area contributed by atoms with E-state index >= 15 is 0 Å². The van der Waals surface area contributed by atoms with Crippen LogP contribution >= 0.6 is 0 Å². The van der Waals surface area contributed by atoms with Gasteiger partial charge in [-0.15, -0.1) is 0 Å². The standard InChI is InChI=1S/C14H14O3/c15-13-8-4-7-12(9-13)14(16)17-10-11-5-2-1-3-6-11/h1-3,5-6,9H,4,7-8,10H2. The number of hydrogen-bond donors (Lipinski definition) is 0. The van der Waals surface area contributed by atoms with Gasteiger partial charge in [0.15, 0.2) is 5.78 Å². The molecule has 0 atom stereocenters. The quantitative estimate of drug-likeness (QED) is 0.749. The molecule has 1 aromatic rings. The Balaban J connectivity index is 1.92. The molecule has 2 rings (SSSR count). The Kier molecular flexibility index (Phi) is 3.70. The van der Waals surface area contributed by atoms with Gasteiger partial charge in [0.05, 0.1) is 0 Å². The number of hydrogen-bond acceptors (Lipinski definition) is 3. The maximum absolute atomic E-state index is 11.7. The predicted octanol–water partition coefficient (Wildman–Crippen LogP) is 2.41. The number of carbonyl (C=O) groups excluding carboxylic acids is 2. The zero-order valence-corrected chi connectivity index (χ0v) is 9.52. The van der Waals surface area contributed by atoms with Crippen molar-refractivity contribution in [3.05, 3.63) is 47.5 Å². The van der Waals surface area contributed by atoms with Gasteiger partial charge in [-0.05, 0) is 24.5 Å². The third-order valence-corrected chi connectivity index (χ3v) is 2.68. The lowest BCUT2D eigenvalue weighted by molar-refractivity contribution is -0.140. The van der Waals surface area contributed by atoms with Crippen LogP contribution in [0.4, 0.5) is 0 Å². The Morgan fingerprint density at radius 2 is 1.94 bits per heavy atom. The summed E-state index contributed by atoms with van der Waals surface area (Å²) in [7, 11) is 0. The molecule has 17 heavy (non-hydrogen) atoms. The highest BCUT2D eigenvalue weighted by molar-refractivity contribution is 6.00. The van der Waals surface area contributed by atoms with Gasteiger partial charge >= 0.3 is 5.97 Å². The van der Waals surface area contributed by atoms with Crippen molar-refractivity contribution in [2.24, 2.45) is 0 Å². The smallest absolute Gasteiger partial charge is 0.334 e. The molecule has 1 aromatic carbocycles. The first-order valence-electron chi connectivity index (χ1n) is 5.70. The van der Waals surface area contributed by atoms with E-state index in [1.165, 1.54) is 6.08 Å². The van der Waals surface area contributed by atoms with E-state index in [9.17, 15) is 9.59 Å². The Labute approximate surface area is 100 Å². The molecule has 1 aliphatic rings. The van der Waals surface area contributed by atoms with Gasteiger partial charge in [-0.2, -0.15) is 0 Å². The van der Waals surface area contributed by atoms with Crippen molar-refractivity contribution in [3.8, 4) is 0 Å². The normalized spacial score (nSPS) is 15.3. The van der Waals surface area contributed by atoms with E-state index in [1.54, 1.807) is 0 Å². The molecule has 0 heterocycles. The van der Waals surface area contributed by atoms with Crippen LogP contribution in [-0.2, 0) is 20.9 Å². The highest BCUT2D eigenvalue weighted by Crippen LogP contribution is 2.17. The number of allylic oxidation sites excluding steroid dienone is 1. The summed E-state index contributed by atoms with van der Waals surface area (Å²) in [6.45, 7) is 0.255. The van der Waals surface area contributed by atoms with Gasteiger partial charge in [0.2, 0.25) is 0 Å². The van der Waals surface area contributed by atoms with Crippen molar-refractivity contribution in [2.75, 3.05) is 0 Å². The van der Waals surface area contributed by atoms with Gasteiger partial charge in [-0.25, -0.2) is 4.79 Å². The molecular weight excluding hydrogens is 216 g/mol. The van der Waals surface area contributed by atoms with Crippen molar-refractivity contribution >= 4 is 11.8 Å². The highest BCUT2D eigenvalue weighted by atomic mass is 16.5. The van der Waals surface area contributed by atoms with E-state index in [2.05, 4.69) is 0 Å². The zero-order chi connectivity index (χ0) is 12.1. The minimum Gasteiger partial charge on any atom is -0.457 e. The summed E-state index contributed by atoms with van der Waals surface area (Å²) in [6, 6.07) is 9.49. The van der Waals surface area contributed by atoms with E-state index in [1.807, 2.05) is 30.3 Å². The molecule has 0 spiro atoms. The number of esters is 1. The Hall–Kier alpha value is -1.90. The van der Waals surface area contributed by atoms with Crippen molar-refractivity contribution in [1.29, 1.82) is 0 Å². The van der Waals surface area contributed by atoms with Crippen LogP contribution in [0.3, 0.4) is 0 Å². The fourth-order valence-corrected chi connectivity index (χ4v) is 1.77. The zero-order valence-electron chi connectivity index (χ0n) is 9.52. The molecule has 1 aliphatic carbocycles. The van der Waals surface area contributed by atoms with Crippen LogP contribution in [0.15, 0.2) is 42.0 Å². The minimum absolute atomic E-state index is 0.0166. The SMILES string of the molecule is O=C1C=C(C(=O)OCc2ccccc2)CCC1. The largest absolute Gasteiger partial charge is 0.457 e. The molecule has 3 nitrogen and oxygen atoms in total. The van der Waals surface area contributed by atoms with Crippen LogP contribution in [0.1, 0.15) is 24.8 Å². The van der Waals surface area contributed by atoms with Crippen LogP contribution in [0.25, 0.3) is 0 Å². The maximum Gasteiger partial charge on any atom is 0.334 e. The minimum atomic E-state index is -0.373. The lowest BCUT2D eigenvalue weighted by atomic mass is 9.99. The summed E-state index contributed by atoms with van der Waals surface area (Å²) < 4.78 is 5.16. The van der Waals surface area contributed by atoms with Crippen LogP contribution in [-0.4, -0.2) is 11.8 Å². The fraction of sp³-hybridized carbons (Fsp3) is 0.286. The third kappa shape index (κ3) is 3.28. The first kappa shape index (κ1) is 11.6. The second kappa shape index (κ2) is 5.43. The van der Waals surface area contributed by atoms with Crippen molar-refractivity contribution in [3.63, 3.8) is 0 Å². The van der Waals surface area contributed by atoms with Gasteiger partial charge < -0.3 is 4.74 Å². The molecule has 0 saturated carbocycles. The lowest BCUT2D eigenvalue weighted by Gasteiger charge is -2.11. The molecule has 0 N–H and O–H groups in total. The van der Waals surface area contributed by atoms with Crippen LogP contribution in [0, 0.1) is 0 Å². The van der Waals surface area contributed by atoms with Crippen LogP contribution in [0.5, 0.6) is 0 Å². The summed E-state index contributed by atoms with van der Waals surface area (Å²) in [5, 5.41) is 0. The Morgan fingerprint density at radius 3 is 2.65 bits per heavy atom. The Bertz CT molecular complexity index is 446. The number of ether oxygens (including phenoxy) is 1. The fourth-order valence-electron chi connectivity index (χ4n) is 1.77. The molecule has 0 fully saturated rings. The molecule has 0 saturated heterocycles. The first-order valence-corrected chi connectivity index (χ1v) is 5.70. The number of rotatable bonds is 3. The van der Waals surface area contributed by atoms with Gasteiger partial charge in [0, 0.05) is 12.0 Å². The predicted molar refractivity (Wildman–Crippen MR) is 63.2 cm³/mol. The molecule has 0 aliphatic heterocycles.